The smallest absolute Gasteiger partial charge is 0.263 e. The number of carbonyl (C=O) groups excluding carboxylic acids is 1. The molecule has 0 spiro atoms. The molecule has 0 saturated carbocycles. The van der Waals surface area contributed by atoms with Crippen LogP contribution in [0, 0.1) is 11.3 Å². The molecule has 1 unspecified atom stereocenters. The largest absolute Gasteiger partial charge is 0.497 e. The van der Waals surface area contributed by atoms with Crippen LogP contribution in [0.25, 0.3) is 0 Å². The van der Waals surface area contributed by atoms with E-state index in [4.69, 9.17) is 10.00 Å². The van der Waals surface area contributed by atoms with Gasteiger partial charge in [-0.1, -0.05) is 12.1 Å². The Balaban J connectivity index is 1.81. The highest BCUT2D eigenvalue weighted by Gasteiger charge is 2.27. The molecule has 134 valence electrons. The van der Waals surface area contributed by atoms with Crippen LogP contribution in [0.15, 0.2) is 36.0 Å². The summed E-state index contributed by atoms with van der Waals surface area (Å²) in [6.07, 6.45) is 2.41. The first-order valence-electron chi connectivity index (χ1n) is 7.91. The molecule has 2 N–H and O–H groups in total. The Morgan fingerprint density at radius 1 is 1.40 bits per heavy atom. The highest BCUT2D eigenvalue weighted by molar-refractivity contribution is 7.91. The van der Waals surface area contributed by atoms with Crippen molar-refractivity contribution in [1.29, 1.82) is 5.26 Å². The molecule has 1 fully saturated rings. The number of benzene rings is 1. The van der Waals surface area contributed by atoms with E-state index in [0.717, 1.165) is 11.3 Å². The maximum atomic E-state index is 12.0. The maximum absolute atomic E-state index is 12.0. The molecule has 7 nitrogen and oxygen atoms in total. The number of sulfone groups is 1. The van der Waals surface area contributed by atoms with Crippen molar-refractivity contribution in [3.8, 4) is 11.8 Å². The van der Waals surface area contributed by atoms with Crippen LogP contribution in [0.1, 0.15) is 12.0 Å². The van der Waals surface area contributed by atoms with Gasteiger partial charge in [0.1, 0.15) is 17.4 Å². The summed E-state index contributed by atoms with van der Waals surface area (Å²) in [6.45, 7) is 0.391. The van der Waals surface area contributed by atoms with E-state index in [1.54, 1.807) is 7.11 Å². The molecular weight excluding hydrogens is 342 g/mol. The Hall–Kier alpha value is -2.53. The second-order valence-corrected chi connectivity index (χ2v) is 8.02. The van der Waals surface area contributed by atoms with Crippen molar-refractivity contribution >= 4 is 15.7 Å². The summed E-state index contributed by atoms with van der Waals surface area (Å²) in [6, 6.07) is 9.09. The zero-order chi connectivity index (χ0) is 18.3. The van der Waals surface area contributed by atoms with Gasteiger partial charge in [-0.2, -0.15) is 5.26 Å². The summed E-state index contributed by atoms with van der Waals surface area (Å²) in [7, 11) is -1.41. The number of methoxy groups -OCH3 is 1. The fourth-order valence-electron chi connectivity index (χ4n) is 2.48. The molecule has 1 saturated heterocycles. The molecule has 0 aliphatic carbocycles. The van der Waals surface area contributed by atoms with E-state index in [1.165, 1.54) is 6.20 Å². The van der Waals surface area contributed by atoms with E-state index in [0.29, 0.717) is 19.4 Å². The minimum atomic E-state index is -3.00. The van der Waals surface area contributed by atoms with Crippen molar-refractivity contribution in [2.24, 2.45) is 0 Å². The first kappa shape index (κ1) is 18.8. The van der Waals surface area contributed by atoms with Crippen LogP contribution in [0.2, 0.25) is 0 Å². The fourth-order valence-corrected chi connectivity index (χ4v) is 4.17. The van der Waals surface area contributed by atoms with Gasteiger partial charge in [0.05, 0.1) is 18.6 Å². The summed E-state index contributed by atoms with van der Waals surface area (Å²) in [5.74, 6) is 0.447. The molecular formula is C17H21N3O4S. The summed E-state index contributed by atoms with van der Waals surface area (Å²) < 4.78 is 27.9. The van der Waals surface area contributed by atoms with Gasteiger partial charge in [0.2, 0.25) is 0 Å². The Labute approximate surface area is 147 Å². The van der Waals surface area contributed by atoms with Crippen LogP contribution >= 0.6 is 0 Å². The van der Waals surface area contributed by atoms with Crippen LogP contribution in [0.4, 0.5) is 0 Å². The van der Waals surface area contributed by atoms with Crippen LogP contribution in [-0.4, -0.2) is 45.5 Å². The molecule has 1 aliphatic heterocycles. The van der Waals surface area contributed by atoms with Gasteiger partial charge in [0, 0.05) is 18.8 Å². The number of nitrogens with one attached hydrogen (secondary N) is 2. The lowest BCUT2D eigenvalue weighted by molar-refractivity contribution is -0.117. The van der Waals surface area contributed by atoms with Gasteiger partial charge in [-0.05, 0) is 30.5 Å². The van der Waals surface area contributed by atoms with Crippen molar-refractivity contribution in [3.63, 3.8) is 0 Å². The predicted molar refractivity (Wildman–Crippen MR) is 93.6 cm³/mol. The molecule has 1 heterocycles. The van der Waals surface area contributed by atoms with Gasteiger partial charge in [0.25, 0.3) is 5.91 Å². The highest BCUT2D eigenvalue weighted by atomic mass is 32.2. The van der Waals surface area contributed by atoms with E-state index in [9.17, 15) is 13.2 Å². The average molecular weight is 363 g/mol. The molecule has 0 bridgehead atoms. The quantitative estimate of drug-likeness (QED) is 0.541. The molecule has 0 radical (unpaired) electrons. The molecule has 1 atom stereocenters. The Bertz CT molecular complexity index is 779. The Morgan fingerprint density at radius 2 is 2.12 bits per heavy atom. The zero-order valence-electron chi connectivity index (χ0n) is 14.0. The minimum absolute atomic E-state index is 0.0291. The summed E-state index contributed by atoms with van der Waals surface area (Å²) in [5, 5.41) is 14.6. The number of nitrogens with zero attached hydrogens (tertiary/aromatic N) is 1. The van der Waals surface area contributed by atoms with Gasteiger partial charge in [-0.3, -0.25) is 4.79 Å². The lowest BCUT2D eigenvalue weighted by Gasteiger charge is -2.09. The molecule has 2 rings (SSSR count). The second-order valence-electron chi connectivity index (χ2n) is 5.79. The van der Waals surface area contributed by atoms with Gasteiger partial charge in [0.15, 0.2) is 9.84 Å². The summed E-state index contributed by atoms with van der Waals surface area (Å²) in [4.78, 5) is 12.0. The number of carbonyl (C=O) groups is 1. The van der Waals surface area contributed by atoms with Crippen LogP contribution < -0.4 is 15.4 Å². The molecule has 8 heteroatoms. The minimum Gasteiger partial charge on any atom is -0.497 e. The van der Waals surface area contributed by atoms with Crippen molar-refractivity contribution in [3.05, 3.63) is 41.6 Å². The zero-order valence-corrected chi connectivity index (χ0v) is 14.8. The molecule has 1 aromatic carbocycles. The van der Waals surface area contributed by atoms with Crippen LogP contribution in [-0.2, 0) is 21.1 Å². The first-order valence-corrected chi connectivity index (χ1v) is 9.73. The number of amides is 1. The highest BCUT2D eigenvalue weighted by Crippen LogP contribution is 2.12. The number of hydrogen-bond donors (Lipinski definition) is 2. The van der Waals surface area contributed by atoms with Gasteiger partial charge in [-0.25, -0.2) is 8.42 Å². The van der Waals surface area contributed by atoms with Gasteiger partial charge in [-0.15, -0.1) is 0 Å². The fraction of sp³-hybridized carbons (Fsp3) is 0.412. The SMILES string of the molecule is COc1ccc(CCNC(=O)/C(C#N)=C\NC2CCS(=O)(=O)C2)cc1. The molecule has 1 aromatic rings. The van der Waals surface area contributed by atoms with E-state index in [2.05, 4.69) is 10.6 Å². The molecule has 1 amide bonds. The number of hydrogen-bond acceptors (Lipinski definition) is 6. The summed E-state index contributed by atoms with van der Waals surface area (Å²) in [5.41, 5.74) is 0.969. The van der Waals surface area contributed by atoms with Gasteiger partial charge >= 0.3 is 0 Å². The Kier molecular flexibility index (Phi) is 6.42. The van der Waals surface area contributed by atoms with E-state index in [1.807, 2.05) is 30.3 Å². The lowest BCUT2D eigenvalue weighted by atomic mass is 10.1. The predicted octanol–water partition coefficient (Wildman–Crippen LogP) is 0.538. The van der Waals surface area contributed by atoms with Crippen LogP contribution in [0.3, 0.4) is 0 Å². The normalized spacial score (nSPS) is 19.0. The third kappa shape index (κ3) is 5.80. The van der Waals surface area contributed by atoms with Crippen molar-refractivity contribution in [2.75, 3.05) is 25.2 Å². The first-order chi connectivity index (χ1) is 11.9. The lowest BCUT2D eigenvalue weighted by Crippen LogP contribution is -2.30. The third-order valence-corrected chi connectivity index (χ3v) is 5.69. The number of nitriles is 1. The van der Waals surface area contributed by atoms with Crippen LogP contribution in [0.5, 0.6) is 5.75 Å². The van der Waals surface area contributed by atoms with E-state index >= 15 is 0 Å². The van der Waals surface area contributed by atoms with Crippen molar-refractivity contribution in [1.82, 2.24) is 10.6 Å². The standard InChI is InChI=1S/C17H21N3O4S/c1-24-16-4-2-13(3-5-16)6-8-19-17(21)14(10-18)11-20-15-7-9-25(22,23)12-15/h2-5,11,15,20H,6-9,12H2,1H3,(H,19,21)/b14-11-. The third-order valence-electron chi connectivity index (χ3n) is 3.92. The second kappa shape index (κ2) is 8.53. The molecule has 0 aromatic heterocycles. The topological polar surface area (TPSA) is 108 Å². The maximum Gasteiger partial charge on any atom is 0.263 e. The van der Waals surface area contributed by atoms with E-state index in [-0.39, 0.29) is 23.1 Å². The van der Waals surface area contributed by atoms with Gasteiger partial charge < -0.3 is 15.4 Å². The monoisotopic (exact) mass is 363 g/mol. The average Bonchev–Trinajstić information content (AvgIpc) is 2.95. The van der Waals surface area contributed by atoms with E-state index < -0.39 is 15.7 Å². The van der Waals surface area contributed by atoms with Crippen molar-refractivity contribution < 1.29 is 17.9 Å². The molecule has 1 aliphatic rings. The summed E-state index contributed by atoms with van der Waals surface area (Å²) >= 11 is 0. The number of rotatable bonds is 7. The Morgan fingerprint density at radius 3 is 2.68 bits per heavy atom. The van der Waals surface area contributed by atoms with Crippen molar-refractivity contribution in [2.45, 2.75) is 18.9 Å². The number of ether oxygens (including phenoxy) is 1. The molecule has 25 heavy (non-hydrogen) atoms.